The molecular formula is C16H17NO5. The first-order valence-electron chi connectivity index (χ1n) is 6.99. The number of cyclic esters (lactones) is 1. The molecule has 1 aliphatic heterocycles. The van der Waals surface area contributed by atoms with Crippen LogP contribution in [0.25, 0.3) is 0 Å². The second kappa shape index (κ2) is 6.51. The number of rotatable bonds is 5. The lowest BCUT2D eigenvalue weighted by atomic mass is 9.98. The Hall–Kier alpha value is -2.50. The Morgan fingerprint density at radius 3 is 2.59 bits per heavy atom. The molecule has 22 heavy (non-hydrogen) atoms. The Labute approximate surface area is 127 Å². The predicted molar refractivity (Wildman–Crippen MR) is 78.2 cm³/mol. The zero-order chi connectivity index (χ0) is 16.3. The molecule has 6 nitrogen and oxygen atoms in total. The fraction of sp³-hybridized carbons (Fsp3) is 0.375. The van der Waals surface area contributed by atoms with Crippen molar-refractivity contribution in [2.45, 2.75) is 26.7 Å². The van der Waals surface area contributed by atoms with E-state index < -0.39 is 35.8 Å². The van der Waals surface area contributed by atoms with Crippen molar-refractivity contribution in [2.24, 2.45) is 5.92 Å². The van der Waals surface area contributed by atoms with Gasteiger partial charge in [-0.15, -0.1) is 0 Å². The van der Waals surface area contributed by atoms with Gasteiger partial charge in [0.25, 0.3) is 5.91 Å². The summed E-state index contributed by atoms with van der Waals surface area (Å²) in [6, 6.07) is 5.39. The van der Waals surface area contributed by atoms with Gasteiger partial charge in [0.15, 0.2) is 5.78 Å². The number of anilines is 1. The minimum absolute atomic E-state index is 0.179. The molecule has 1 aromatic carbocycles. The lowest BCUT2D eigenvalue weighted by molar-refractivity contribution is -0.145. The number of amides is 1. The highest BCUT2D eigenvalue weighted by Crippen LogP contribution is 2.18. The van der Waals surface area contributed by atoms with Gasteiger partial charge in [-0.25, -0.2) is 0 Å². The van der Waals surface area contributed by atoms with E-state index in [1.807, 2.05) is 26.0 Å². The summed E-state index contributed by atoms with van der Waals surface area (Å²) in [6.45, 7) is 3.91. The van der Waals surface area contributed by atoms with Crippen LogP contribution in [0.3, 0.4) is 0 Å². The average Bonchev–Trinajstić information content (AvgIpc) is 2.88. The molecule has 1 fully saturated rings. The number of hydrogen-bond donors (Lipinski definition) is 1. The Morgan fingerprint density at radius 1 is 1.27 bits per heavy atom. The largest absolute Gasteiger partial charge is 0.465 e. The summed E-state index contributed by atoms with van der Waals surface area (Å²) in [6.07, 6.45) is -0.319. The van der Waals surface area contributed by atoms with Crippen molar-refractivity contribution in [1.29, 1.82) is 0 Å². The third-order valence-electron chi connectivity index (χ3n) is 3.54. The van der Waals surface area contributed by atoms with E-state index >= 15 is 0 Å². The van der Waals surface area contributed by atoms with Gasteiger partial charge in [0.2, 0.25) is 5.78 Å². The van der Waals surface area contributed by atoms with Crippen molar-refractivity contribution in [2.75, 3.05) is 11.9 Å². The lowest BCUT2D eigenvalue weighted by Gasteiger charge is -2.09. The molecule has 2 rings (SSSR count). The first-order valence-corrected chi connectivity index (χ1v) is 6.99. The van der Waals surface area contributed by atoms with Crippen LogP contribution in [-0.4, -0.2) is 30.0 Å². The van der Waals surface area contributed by atoms with Crippen LogP contribution in [0.15, 0.2) is 18.2 Å². The second-order valence-corrected chi connectivity index (χ2v) is 5.35. The third-order valence-corrected chi connectivity index (χ3v) is 3.54. The first kappa shape index (κ1) is 15.9. The number of benzene rings is 1. The monoisotopic (exact) mass is 303 g/mol. The number of nitrogens with one attached hydrogen (secondary N) is 1. The number of aryl methyl sites for hydroxylation is 2. The molecule has 1 aromatic rings. The van der Waals surface area contributed by atoms with Crippen LogP contribution in [0.5, 0.6) is 0 Å². The van der Waals surface area contributed by atoms with E-state index in [9.17, 15) is 19.2 Å². The predicted octanol–water partition coefficient (Wildman–Crippen LogP) is 1.33. The van der Waals surface area contributed by atoms with Gasteiger partial charge < -0.3 is 10.1 Å². The summed E-state index contributed by atoms with van der Waals surface area (Å²) < 4.78 is 4.68. The van der Waals surface area contributed by atoms with Crippen LogP contribution in [0.2, 0.25) is 0 Å². The standard InChI is InChI=1S/C16H17NO5/c1-9-3-4-12(10(2)7-9)17-15(20)14(19)8-13(18)11-5-6-22-16(11)21/h3-4,7,11H,5-6,8H2,1-2H3,(H,17,20)/t11-/m0/s1. The number of ether oxygens (including phenoxy) is 1. The summed E-state index contributed by atoms with van der Waals surface area (Å²) in [5.41, 5.74) is 2.39. The van der Waals surface area contributed by atoms with Crippen LogP contribution in [-0.2, 0) is 23.9 Å². The van der Waals surface area contributed by atoms with Gasteiger partial charge in [0.05, 0.1) is 13.0 Å². The van der Waals surface area contributed by atoms with E-state index in [4.69, 9.17) is 0 Å². The average molecular weight is 303 g/mol. The fourth-order valence-corrected chi connectivity index (χ4v) is 2.30. The molecule has 0 saturated carbocycles. The van der Waals surface area contributed by atoms with Crippen molar-refractivity contribution in [1.82, 2.24) is 0 Å². The SMILES string of the molecule is Cc1ccc(NC(=O)C(=O)CC(=O)[C@@H]2CCOC2=O)c(C)c1. The summed E-state index contributed by atoms with van der Waals surface area (Å²) in [4.78, 5) is 46.8. The number of carbonyl (C=O) groups is 4. The van der Waals surface area contributed by atoms with Crippen molar-refractivity contribution >= 4 is 29.1 Å². The zero-order valence-corrected chi connectivity index (χ0v) is 12.5. The van der Waals surface area contributed by atoms with E-state index in [0.717, 1.165) is 11.1 Å². The number of esters is 1. The van der Waals surface area contributed by atoms with Crippen molar-refractivity contribution in [3.05, 3.63) is 29.3 Å². The molecule has 0 aromatic heterocycles. The van der Waals surface area contributed by atoms with E-state index in [-0.39, 0.29) is 13.0 Å². The van der Waals surface area contributed by atoms with E-state index in [1.165, 1.54) is 0 Å². The highest BCUT2D eigenvalue weighted by atomic mass is 16.5. The number of hydrogen-bond acceptors (Lipinski definition) is 5. The third kappa shape index (κ3) is 3.58. The van der Waals surface area contributed by atoms with Crippen LogP contribution < -0.4 is 5.32 Å². The Kier molecular flexibility index (Phi) is 4.70. The molecule has 1 aliphatic rings. The number of ketones is 2. The molecule has 1 N–H and O–H groups in total. The van der Waals surface area contributed by atoms with Crippen LogP contribution >= 0.6 is 0 Å². The van der Waals surface area contributed by atoms with Gasteiger partial charge in [-0.1, -0.05) is 17.7 Å². The molecule has 6 heteroatoms. The van der Waals surface area contributed by atoms with Crippen molar-refractivity contribution in [3.8, 4) is 0 Å². The highest BCUT2D eigenvalue weighted by molar-refractivity contribution is 6.43. The Balaban J connectivity index is 1.96. The molecule has 1 amide bonds. The highest BCUT2D eigenvalue weighted by Gasteiger charge is 2.34. The number of carbonyl (C=O) groups excluding carboxylic acids is 4. The van der Waals surface area contributed by atoms with Crippen LogP contribution in [0, 0.1) is 19.8 Å². The van der Waals surface area contributed by atoms with E-state index in [1.54, 1.807) is 6.07 Å². The molecule has 0 spiro atoms. The summed E-state index contributed by atoms with van der Waals surface area (Å²) in [5, 5.41) is 2.49. The normalized spacial score (nSPS) is 17.0. The molecule has 116 valence electrons. The summed E-state index contributed by atoms with van der Waals surface area (Å²) in [5.74, 6) is -3.81. The summed E-state index contributed by atoms with van der Waals surface area (Å²) >= 11 is 0. The number of Topliss-reactive ketones (excluding diaryl/α,β-unsaturated/α-hetero) is 2. The molecule has 1 saturated heterocycles. The van der Waals surface area contributed by atoms with Gasteiger partial charge in [-0.05, 0) is 25.5 Å². The molecule has 1 heterocycles. The van der Waals surface area contributed by atoms with Gasteiger partial charge >= 0.3 is 5.97 Å². The first-order chi connectivity index (χ1) is 10.4. The van der Waals surface area contributed by atoms with Gasteiger partial charge in [-0.3, -0.25) is 19.2 Å². The molecule has 0 unspecified atom stereocenters. The maximum Gasteiger partial charge on any atom is 0.316 e. The van der Waals surface area contributed by atoms with Crippen molar-refractivity contribution < 1.29 is 23.9 Å². The maximum atomic E-state index is 11.9. The molecule has 0 aliphatic carbocycles. The van der Waals surface area contributed by atoms with Gasteiger partial charge in [0, 0.05) is 12.1 Å². The van der Waals surface area contributed by atoms with E-state index in [2.05, 4.69) is 10.1 Å². The molecule has 0 bridgehead atoms. The van der Waals surface area contributed by atoms with Crippen LogP contribution in [0.4, 0.5) is 5.69 Å². The molecule has 0 radical (unpaired) electrons. The minimum atomic E-state index is -0.919. The Bertz CT molecular complexity index is 650. The second-order valence-electron chi connectivity index (χ2n) is 5.35. The summed E-state index contributed by atoms with van der Waals surface area (Å²) in [7, 11) is 0. The van der Waals surface area contributed by atoms with E-state index in [0.29, 0.717) is 5.69 Å². The molecule has 1 atom stereocenters. The fourth-order valence-electron chi connectivity index (χ4n) is 2.30. The molecular weight excluding hydrogens is 286 g/mol. The maximum absolute atomic E-state index is 11.9. The van der Waals surface area contributed by atoms with Crippen molar-refractivity contribution in [3.63, 3.8) is 0 Å². The lowest BCUT2D eigenvalue weighted by Crippen LogP contribution is -2.29. The Morgan fingerprint density at radius 2 is 2.00 bits per heavy atom. The van der Waals surface area contributed by atoms with Gasteiger partial charge in [0.1, 0.15) is 5.92 Å². The quantitative estimate of drug-likeness (QED) is 0.503. The van der Waals surface area contributed by atoms with Crippen LogP contribution in [0.1, 0.15) is 24.0 Å². The topological polar surface area (TPSA) is 89.5 Å². The smallest absolute Gasteiger partial charge is 0.316 e. The van der Waals surface area contributed by atoms with Gasteiger partial charge in [-0.2, -0.15) is 0 Å². The minimum Gasteiger partial charge on any atom is -0.465 e. The zero-order valence-electron chi connectivity index (χ0n) is 12.5.